The highest BCUT2D eigenvalue weighted by Crippen LogP contribution is 2.27. The van der Waals surface area contributed by atoms with Crippen molar-refractivity contribution in [3.05, 3.63) is 108 Å². The van der Waals surface area contributed by atoms with Crippen molar-refractivity contribution in [2.75, 3.05) is 0 Å². The Labute approximate surface area is 212 Å². The molecule has 0 radical (unpaired) electrons. The molecule has 2 heterocycles. The third kappa shape index (κ3) is 4.00. The maximum atomic E-state index is 13.2. The summed E-state index contributed by atoms with van der Waals surface area (Å²) < 4.78 is 8.14. The van der Waals surface area contributed by atoms with Crippen molar-refractivity contribution in [1.82, 2.24) is 9.13 Å². The van der Waals surface area contributed by atoms with Gasteiger partial charge in [-0.1, -0.05) is 32.9 Å². The van der Waals surface area contributed by atoms with E-state index in [1.54, 1.807) is 45.0 Å². The largest absolute Gasteiger partial charge is 0.457 e. The quantitative estimate of drug-likeness (QED) is 0.360. The second-order valence-corrected chi connectivity index (χ2v) is 11.4. The summed E-state index contributed by atoms with van der Waals surface area (Å²) in [6.07, 6.45) is 0. The molecule has 5 aromatic rings. The molecule has 0 atom stereocenters. The summed E-state index contributed by atoms with van der Waals surface area (Å²) in [7, 11) is 0. The van der Waals surface area contributed by atoms with Crippen LogP contribution in [0, 0.1) is 0 Å². The third-order valence-electron chi connectivity index (χ3n) is 6.61. The lowest BCUT2D eigenvalue weighted by Crippen LogP contribution is -2.38. The topological polar surface area (TPSA) is 87.4 Å². The van der Waals surface area contributed by atoms with Gasteiger partial charge in [-0.15, -0.1) is 0 Å². The summed E-state index contributed by atoms with van der Waals surface area (Å²) in [6.45, 7) is 11.7. The van der Waals surface area contributed by atoms with Crippen LogP contribution < -0.4 is 27.0 Å². The molecule has 0 N–H and O–H groups in total. The van der Waals surface area contributed by atoms with E-state index in [0.29, 0.717) is 17.2 Å². The van der Waals surface area contributed by atoms with Gasteiger partial charge in [0.25, 0.3) is 22.2 Å². The van der Waals surface area contributed by atoms with Crippen molar-refractivity contribution < 1.29 is 4.74 Å². The van der Waals surface area contributed by atoms with Gasteiger partial charge < -0.3 is 4.74 Å². The fourth-order valence-electron chi connectivity index (χ4n) is 4.64. The summed E-state index contributed by atoms with van der Waals surface area (Å²) in [6, 6.07) is 17.2. The van der Waals surface area contributed by atoms with Gasteiger partial charge in [0, 0.05) is 5.54 Å². The normalized spacial score (nSPS) is 12.5. The van der Waals surface area contributed by atoms with Crippen LogP contribution in [0.1, 0.15) is 47.1 Å². The molecule has 7 heteroatoms. The van der Waals surface area contributed by atoms with Gasteiger partial charge in [-0.2, -0.15) is 0 Å². The maximum Gasteiger partial charge on any atom is 0.266 e. The fourth-order valence-corrected chi connectivity index (χ4v) is 4.64. The molecule has 0 saturated carbocycles. The van der Waals surface area contributed by atoms with Gasteiger partial charge in [-0.3, -0.25) is 23.7 Å². The summed E-state index contributed by atoms with van der Waals surface area (Å²) >= 11 is 0. The lowest BCUT2D eigenvalue weighted by atomic mass is 9.87. The van der Waals surface area contributed by atoms with E-state index in [9.17, 15) is 19.2 Å². The van der Waals surface area contributed by atoms with E-state index in [1.165, 1.54) is 17.7 Å². The fraction of sp³-hybridized carbons (Fsp3) is 0.267. The first-order valence-corrected chi connectivity index (χ1v) is 12.1. The Bertz CT molecular complexity index is 1790. The van der Waals surface area contributed by atoms with Crippen LogP contribution in [0.25, 0.3) is 27.2 Å². The van der Waals surface area contributed by atoms with Crippen molar-refractivity contribution in [1.29, 1.82) is 0 Å². The lowest BCUT2D eigenvalue weighted by molar-refractivity contribution is 0.380. The number of benzene rings is 3. The second kappa shape index (κ2) is 8.13. The van der Waals surface area contributed by atoms with Gasteiger partial charge >= 0.3 is 0 Å². The summed E-state index contributed by atoms with van der Waals surface area (Å²) in [5, 5.41) is 0.505. The number of ether oxygens (including phenoxy) is 1. The monoisotopic (exact) mass is 496 g/mol. The van der Waals surface area contributed by atoms with Crippen LogP contribution in [-0.2, 0) is 11.0 Å². The summed E-state index contributed by atoms with van der Waals surface area (Å²) in [5.74, 6) is 1.23. The zero-order valence-electron chi connectivity index (χ0n) is 21.7. The molecule has 3 aromatic carbocycles. The van der Waals surface area contributed by atoms with Crippen LogP contribution in [0.4, 0.5) is 0 Å². The zero-order chi connectivity index (χ0) is 26.9. The smallest absolute Gasteiger partial charge is 0.266 e. The maximum absolute atomic E-state index is 13.2. The van der Waals surface area contributed by atoms with E-state index in [2.05, 4.69) is 20.8 Å². The standard InChI is InChI=1S/C30H28N2O5/c1-29(2,3)17-7-11-19(12-8-17)37-20-13-9-18(10-14-20)31-25(33)21-15-23-24(16-22(21)26(31)34)28(36)32(27(23)35)30(4,5)6/h7-16H,1-6H3. The Morgan fingerprint density at radius 2 is 0.973 bits per heavy atom. The van der Waals surface area contributed by atoms with E-state index in [1.807, 2.05) is 24.3 Å². The van der Waals surface area contributed by atoms with Crippen LogP contribution in [0.15, 0.2) is 79.8 Å². The second-order valence-electron chi connectivity index (χ2n) is 11.4. The zero-order valence-corrected chi connectivity index (χ0v) is 21.7. The predicted molar refractivity (Wildman–Crippen MR) is 146 cm³/mol. The number of fused-ring (bicyclic) bond motifs is 2. The molecule has 0 fully saturated rings. The minimum Gasteiger partial charge on any atom is -0.457 e. The average Bonchev–Trinajstić information content (AvgIpc) is 3.22. The number of hydrogen-bond acceptors (Lipinski definition) is 5. The molecule has 0 spiro atoms. The number of hydrogen-bond donors (Lipinski definition) is 0. The van der Waals surface area contributed by atoms with Gasteiger partial charge in [0.1, 0.15) is 11.5 Å². The Balaban J connectivity index is 1.53. The predicted octanol–water partition coefficient (Wildman–Crippen LogP) is 4.75. The molecule has 5 rings (SSSR count). The first kappa shape index (κ1) is 24.4. The molecule has 0 unspecified atom stereocenters. The van der Waals surface area contributed by atoms with Crippen LogP contribution in [0.5, 0.6) is 11.5 Å². The molecule has 0 aliphatic carbocycles. The molecular weight excluding hydrogens is 468 g/mol. The average molecular weight is 497 g/mol. The molecule has 188 valence electrons. The van der Waals surface area contributed by atoms with Crippen molar-refractivity contribution in [3.8, 4) is 17.2 Å². The minimum atomic E-state index is -0.726. The Kier molecular flexibility index (Phi) is 5.37. The Morgan fingerprint density at radius 3 is 1.38 bits per heavy atom. The van der Waals surface area contributed by atoms with Gasteiger partial charge in [-0.05, 0) is 80.3 Å². The van der Waals surface area contributed by atoms with Crippen molar-refractivity contribution in [2.45, 2.75) is 52.5 Å². The third-order valence-corrected chi connectivity index (χ3v) is 6.61. The molecule has 37 heavy (non-hydrogen) atoms. The molecule has 2 aromatic heterocycles. The van der Waals surface area contributed by atoms with E-state index in [0.717, 1.165) is 9.13 Å². The van der Waals surface area contributed by atoms with Crippen LogP contribution in [0.3, 0.4) is 0 Å². The molecule has 0 bridgehead atoms. The lowest BCUT2D eigenvalue weighted by Gasteiger charge is -2.19. The molecule has 0 saturated heterocycles. The van der Waals surface area contributed by atoms with Gasteiger partial charge in [0.15, 0.2) is 0 Å². The summed E-state index contributed by atoms with van der Waals surface area (Å²) in [5.41, 5.74) is -1.13. The van der Waals surface area contributed by atoms with Crippen LogP contribution in [-0.4, -0.2) is 9.13 Å². The van der Waals surface area contributed by atoms with Gasteiger partial charge in [0.2, 0.25) is 0 Å². The molecular formula is C30H28N2O5. The number of aromatic nitrogens is 2. The summed E-state index contributed by atoms with van der Waals surface area (Å²) in [4.78, 5) is 52.3. The Hall–Kier alpha value is -4.26. The first-order chi connectivity index (χ1) is 17.3. The highest BCUT2D eigenvalue weighted by molar-refractivity contribution is 5.98. The van der Waals surface area contributed by atoms with E-state index in [4.69, 9.17) is 4.74 Å². The van der Waals surface area contributed by atoms with E-state index >= 15 is 0 Å². The van der Waals surface area contributed by atoms with Gasteiger partial charge in [0.05, 0.1) is 27.2 Å². The van der Waals surface area contributed by atoms with Crippen molar-refractivity contribution in [3.63, 3.8) is 0 Å². The SMILES string of the molecule is CC(C)(C)c1ccc(Oc2ccc(-n3c(=O)c4cc5c(=O)n(C(C)(C)C)c(=O)c5cc4c3=O)cc2)cc1. The van der Waals surface area contributed by atoms with Crippen molar-refractivity contribution >= 4 is 21.5 Å². The highest BCUT2D eigenvalue weighted by atomic mass is 16.5. The number of nitrogens with zero attached hydrogens (tertiary/aromatic N) is 2. The first-order valence-electron chi connectivity index (χ1n) is 12.1. The molecule has 0 aliphatic heterocycles. The van der Waals surface area contributed by atoms with E-state index < -0.39 is 27.8 Å². The highest BCUT2D eigenvalue weighted by Gasteiger charge is 2.25. The van der Waals surface area contributed by atoms with Crippen LogP contribution in [0.2, 0.25) is 0 Å². The van der Waals surface area contributed by atoms with Gasteiger partial charge in [-0.25, -0.2) is 4.57 Å². The van der Waals surface area contributed by atoms with Crippen molar-refractivity contribution in [2.24, 2.45) is 0 Å². The molecule has 7 nitrogen and oxygen atoms in total. The molecule has 0 aliphatic rings. The minimum absolute atomic E-state index is 0.0409. The molecule has 0 amide bonds. The Morgan fingerprint density at radius 1 is 0.568 bits per heavy atom. The van der Waals surface area contributed by atoms with Crippen LogP contribution >= 0.6 is 0 Å². The number of rotatable bonds is 3. The van der Waals surface area contributed by atoms with E-state index in [-0.39, 0.29) is 27.0 Å².